The molecule has 0 fully saturated rings. The molecule has 0 saturated carbocycles. The van der Waals surface area contributed by atoms with Crippen LogP contribution in [0, 0.1) is 5.92 Å². The molecule has 2 rings (SSSR count). The number of thioether (sulfide) groups is 1. The summed E-state index contributed by atoms with van der Waals surface area (Å²) in [7, 11) is 0. The van der Waals surface area contributed by atoms with E-state index in [1.54, 1.807) is 11.8 Å². The van der Waals surface area contributed by atoms with Crippen molar-refractivity contribution in [3.8, 4) is 0 Å². The highest BCUT2D eigenvalue weighted by Crippen LogP contribution is 2.26. The molecular formula is C14H18N4OS2. The molecule has 2 N–H and O–H groups in total. The number of anilines is 2. The summed E-state index contributed by atoms with van der Waals surface area (Å²) in [5, 5.41) is 14.0. The van der Waals surface area contributed by atoms with E-state index in [1.165, 1.54) is 11.3 Å². The van der Waals surface area contributed by atoms with Crippen LogP contribution in [0.1, 0.15) is 20.3 Å². The van der Waals surface area contributed by atoms with Gasteiger partial charge >= 0.3 is 6.03 Å². The highest BCUT2D eigenvalue weighted by molar-refractivity contribution is 8.01. The van der Waals surface area contributed by atoms with Gasteiger partial charge in [-0.25, -0.2) is 4.79 Å². The Bertz CT molecular complexity index is 571. The number of hydrogen-bond donors (Lipinski definition) is 2. The molecule has 0 spiro atoms. The Morgan fingerprint density at radius 3 is 2.71 bits per heavy atom. The van der Waals surface area contributed by atoms with Crippen LogP contribution >= 0.6 is 23.1 Å². The van der Waals surface area contributed by atoms with Crippen LogP contribution in [0.5, 0.6) is 0 Å². The number of para-hydroxylation sites is 1. The van der Waals surface area contributed by atoms with Crippen molar-refractivity contribution < 1.29 is 4.79 Å². The molecule has 0 aliphatic heterocycles. The summed E-state index contributed by atoms with van der Waals surface area (Å²) in [5.74, 6) is 1.70. The van der Waals surface area contributed by atoms with Crippen molar-refractivity contribution in [3.05, 3.63) is 30.3 Å². The Labute approximate surface area is 132 Å². The van der Waals surface area contributed by atoms with Gasteiger partial charge in [-0.1, -0.05) is 55.1 Å². The zero-order valence-electron chi connectivity index (χ0n) is 12.0. The van der Waals surface area contributed by atoms with Crippen molar-refractivity contribution in [1.82, 2.24) is 10.2 Å². The van der Waals surface area contributed by atoms with Crippen LogP contribution in [0.25, 0.3) is 0 Å². The fourth-order valence-electron chi connectivity index (χ4n) is 1.48. The molecule has 2 amide bonds. The summed E-state index contributed by atoms with van der Waals surface area (Å²) in [6.07, 6.45) is 1.14. The lowest BCUT2D eigenvalue weighted by Gasteiger charge is -2.04. The van der Waals surface area contributed by atoms with E-state index in [1.807, 2.05) is 30.3 Å². The summed E-state index contributed by atoms with van der Waals surface area (Å²) < 4.78 is 0.880. The Kier molecular flexibility index (Phi) is 6.01. The van der Waals surface area contributed by atoms with Gasteiger partial charge in [-0.3, -0.25) is 5.32 Å². The molecule has 0 aliphatic rings. The summed E-state index contributed by atoms with van der Waals surface area (Å²) in [6, 6.07) is 8.97. The van der Waals surface area contributed by atoms with Crippen molar-refractivity contribution in [2.75, 3.05) is 16.4 Å². The molecule has 0 saturated heterocycles. The van der Waals surface area contributed by atoms with Crippen molar-refractivity contribution in [1.29, 1.82) is 0 Å². The van der Waals surface area contributed by atoms with E-state index >= 15 is 0 Å². The lowest BCUT2D eigenvalue weighted by Crippen LogP contribution is -2.19. The second-order valence-electron chi connectivity index (χ2n) is 4.85. The molecule has 0 atom stereocenters. The van der Waals surface area contributed by atoms with E-state index in [0.717, 1.165) is 22.2 Å². The third-order valence-corrected chi connectivity index (χ3v) is 4.58. The number of carbonyl (C=O) groups excluding carboxylic acids is 1. The standard InChI is InChI=1S/C14H18N4OS2/c1-10(2)8-9-20-14-18-17-13(21-14)16-12(19)15-11-6-4-3-5-7-11/h3-7,10H,8-9H2,1-2H3,(H2,15,16,17,19). The quantitative estimate of drug-likeness (QED) is 0.614. The predicted molar refractivity (Wildman–Crippen MR) is 89.2 cm³/mol. The van der Waals surface area contributed by atoms with Crippen molar-refractivity contribution >= 4 is 39.9 Å². The highest BCUT2D eigenvalue weighted by atomic mass is 32.2. The number of benzene rings is 1. The molecule has 112 valence electrons. The molecule has 1 heterocycles. The number of rotatable bonds is 6. The fraction of sp³-hybridized carbons (Fsp3) is 0.357. The van der Waals surface area contributed by atoms with Gasteiger partial charge in [0.05, 0.1) is 0 Å². The van der Waals surface area contributed by atoms with Gasteiger partial charge in [-0.15, -0.1) is 10.2 Å². The first-order valence-electron chi connectivity index (χ1n) is 6.73. The lowest BCUT2D eigenvalue weighted by atomic mass is 10.2. The van der Waals surface area contributed by atoms with Gasteiger partial charge in [-0.05, 0) is 24.5 Å². The van der Waals surface area contributed by atoms with E-state index in [-0.39, 0.29) is 6.03 Å². The van der Waals surface area contributed by atoms with Crippen LogP contribution < -0.4 is 10.6 Å². The third-order valence-electron chi connectivity index (χ3n) is 2.58. The van der Waals surface area contributed by atoms with Crippen LogP contribution in [0.3, 0.4) is 0 Å². The molecule has 0 aliphatic carbocycles. The Balaban J connectivity index is 1.80. The highest BCUT2D eigenvalue weighted by Gasteiger charge is 2.08. The molecule has 1 aromatic heterocycles. The largest absolute Gasteiger partial charge is 0.325 e. The molecule has 0 radical (unpaired) electrons. The molecule has 7 heteroatoms. The maximum Gasteiger partial charge on any atom is 0.325 e. The first kappa shape index (κ1) is 15.8. The minimum atomic E-state index is -0.309. The van der Waals surface area contributed by atoms with Gasteiger partial charge in [-0.2, -0.15) is 0 Å². The first-order chi connectivity index (χ1) is 10.1. The SMILES string of the molecule is CC(C)CCSc1nnc(NC(=O)Nc2ccccc2)s1. The van der Waals surface area contributed by atoms with E-state index in [2.05, 4.69) is 34.7 Å². The van der Waals surface area contributed by atoms with E-state index < -0.39 is 0 Å². The summed E-state index contributed by atoms with van der Waals surface area (Å²) >= 11 is 3.07. The maximum atomic E-state index is 11.8. The smallest absolute Gasteiger partial charge is 0.308 e. The van der Waals surface area contributed by atoms with Crippen LogP contribution in [-0.2, 0) is 0 Å². The summed E-state index contributed by atoms with van der Waals surface area (Å²) in [4.78, 5) is 11.8. The predicted octanol–water partition coefficient (Wildman–Crippen LogP) is 4.32. The summed E-state index contributed by atoms with van der Waals surface area (Å²) in [5.41, 5.74) is 0.742. The van der Waals surface area contributed by atoms with Gasteiger partial charge in [0, 0.05) is 11.4 Å². The number of nitrogens with one attached hydrogen (secondary N) is 2. The minimum absolute atomic E-state index is 0.309. The Morgan fingerprint density at radius 2 is 2.00 bits per heavy atom. The number of amides is 2. The van der Waals surface area contributed by atoms with E-state index in [0.29, 0.717) is 11.0 Å². The topological polar surface area (TPSA) is 66.9 Å². The first-order valence-corrected chi connectivity index (χ1v) is 8.53. The Morgan fingerprint density at radius 1 is 1.24 bits per heavy atom. The monoisotopic (exact) mass is 322 g/mol. The molecular weight excluding hydrogens is 304 g/mol. The van der Waals surface area contributed by atoms with Gasteiger partial charge in [0.25, 0.3) is 0 Å². The average molecular weight is 322 g/mol. The number of aromatic nitrogens is 2. The third kappa shape index (κ3) is 5.73. The fourth-order valence-corrected chi connectivity index (χ4v) is 3.54. The van der Waals surface area contributed by atoms with Crippen LogP contribution in [0.2, 0.25) is 0 Å². The normalized spacial score (nSPS) is 10.6. The zero-order chi connectivity index (χ0) is 15.1. The van der Waals surface area contributed by atoms with Gasteiger partial charge < -0.3 is 5.32 Å². The van der Waals surface area contributed by atoms with Gasteiger partial charge in [0.2, 0.25) is 5.13 Å². The molecule has 5 nitrogen and oxygen atoms in total. The molecule has 0 unspecified atom stereocenters. The van der Waals surface area contributed by atoms with Crippen LogP contribution in [0.15, 0.2) is 34.7 Å². The van der Waals surface area contributed by atoms with Crippen LogP contribution in [0.4, 0.5) is 15.6 Å². The number of hydrogen-bond acceptors (Lipinski definition) is 5. The van der Waals surface area contributed by atoms with Crippen molar-refractivity contribution in [2.45, 2.75) is 24.6 Å². The summed E-state index contributed by atoms with van der Waals surface area (Å²) in [6.45, 7) is 4.39. The van der Waals surface area contributed by atoms with Crippen LogP contribution in [-0.4, -0.2) is 22.0 Å². The van der Waals surface area contributed by atoms with Gasteiger partial charge in [0.1, 0.15) is 0 Å². The van der Waals surface area contributed by atoms with E-state index in [9.17, 15) is 4.79 Å². The molecule has 2 aromatic rings. The molecule has 0 bridgehead atoms. The average Bonchev–Trinajstić information content (AvgIpc) is 2.86. The number of carbonyl (C=O) groups is 1. The minimum Gasteiger partial charge on any atom is -0.308 e. The second kappa shape index (κ2) is 7.99. The zero-order valence-corrected chi connectivity index (χ0v) is 13.6. The Hall–Kier alpha value is -1.60. The number of urea groups is 1. The lowest BCUT2D eigenvalue weighted by molar-refractivity contribution is 0.262. The maximum absolute atomic E-state index is 11.8. The molecule has 21 heavy (non-hydrogen) atoms. The van der Waals surface area contributed by atoms with Crippen molar-refractivity contribution in [3.63, 3.8) is 0 Å². The van der Waals surface area contributed by atoms with E-state index in [4.69, 9.17) is 0 Å². The van der Waals surface area contributed by atoms with Crippen molar-refractivity contribution in [2.24, 2.45) is 5.92 Å². The number of nitrogens with zero attached hydrogens (tertiary/aromatic N) is 2. The molecule has 1 aromatic carbocycles. The van der Waals surface area contributed by atoms with Gasteiger partial charge in [0.15, 0.2) is 4.34 Å². The second-order valence-corrected chi connectivity index (χ2v) is 7.17.